The zero-order chi connectivity index (χ0) is 26.2. The van der Waals surface area contributed by atoms with Gasteiger partial charge in [0.2, 0.25) is 0 Å². The highest BCUT2D eigenvalue weighted by Crippen LogP contribution is 2.60. The predicted octanol–water partition coefficient (Wildman–Crippen LogP) is 11.7. The molecule has 0 atom stereocenters. The van der Waals surface area contributed by atoms with E-state index in [0.717, 1.165) is 25.7 Å². The van der Waals surface area contributed by atoms with E-state index in [1.165, 1.54) is 141 Å². The first kappa shape index (κ1) is 34.3. The minimum atomic E-state index is -4.06. The van der Waals surface area contributed by atoms with E-state index >= 15 is 0 Å². The lowest BCUT2D eigenvalue weighted by Gasteiger charge is -2.34. The molecule has 214 valence electrons. The molecule has 0 amide bonds. The van der Waals surface area contributed by atoms with Crippen LogP contribution in [0.5, 0.6) is 0 Å². The van der Waals surface area contributed by atoms with Gasteiger partial charge in [-0.2, -0.15) is 0 Å². The summed E-state index contributed by atoms with van der Waals surface area (Å²) in [4.78, 5) is 23.3. The Morgan fingerprint density at radius 2 is 0.694 bits per heavy atom. The molecule has 5 heteroatoms. The Labute approximate surface area is 226 Å². The fraction of sp³-hybridized carbons (Fsp3) is 1.00. The fourth-order valence-corrected chi connectivity index (χ4v) is 6.55. The lowest BCUT2D eigenvalue weighted by atomic mass is 9.79. The predicted molar refractivity (Wildman–Crippen MR) is 154 cm³/mol. The minimum absolute atomic E-state index is 0.102. The summed E-state index contributed by atoms with van der Waals surface area (Å²) < 4.78 is 10.3. The highest BCUT2D eigenvalue weighted by Gasteiger charge is 2.55. The van der Waals surface area contributed by atoms with Crippen molar-refractivity contribution in [1.29, 1.82) is 0 Å². The molecule has 4 nitrogen and oxygen atoms in total. The summed E-state index contributed by atoms with van der Waals surface area (Å²) in [7, 11) is -4.06. The summed E-state index contributed by atoms with van der Waals surface area (Å²) in [5, 5.41) is 0. The summed E-state index contributed by atoms with van der Waals surface area (Å²) >= 11 is 0. The minimum Gasteiger partial charge on any atom is -0.149 e. The van der Waals surface area contributed by atoms with Gasteiger partial charge in [-0.15, -0.1) is 9.05 Å². The summed E-state index contributed by atoms with van der Waals surface area (Å²) in [6.45, 7) is 5.20. The van der Waals surface area contributed by atoms with Gasteiger partial charge < -0.3 is 0 Å². The molecule has 0 spiro atoms. The summed E-state index contributed by atoms with van der Waals surface area (Å²) in [6.07, 6.45) is 34.3. The first-order valence-corrected chi connectivity index (χ1v) is 17.6. The average Bonchev–Trinajstić information content (AvgIpc) is 2.87. The Balaban J connectivity index is 2.09. The molecule has 36 heavy (non-hydrogen) atoms. The molecule has 0 unspecified atom stereocenters. The number of rotatable bonds is 26. The molecular formula is C31H62O4P+. The quantitative estimate of drug-likeness (QED) is 0.0826. The van der Waals surface area contributed by atoms with Crippen LogP contribution >= 0.6 is 8.17 Å². The van der Waals surface area contributed by atoms with Gasteiger partial charge in [-0.05, 0) is 12.8 Å². The zero-order valence-electron chi connectivity index (χ0n) is 24.4. The molecule has 0 aromatic carbocycles. The van der Waals surface area contributed by atoms with E-state index in [1.807, 2.05) is 0 Å². The standard InChI is InChI=1S/C31H62O4P/c1-3-5-7-9-11-13-15-17-19-21-23-25-27-31(29-34-36(32,33)35-30-31)28-26-24-22-20-18-16-14-12-10-8-6-4-2/h3-30H2,1-2H3/q+1. The zero-order valence-corrected chi connectivity index (χ0v) is 25.3. The van der Waals surface area contributed by atoms with Crippen molar-refractivity contribution in [1.82, 2.24) is 0 Å². The maximum atomic E-state index is 11.7. The normalized spacial score (nSPS) is 17.0. The third kappa shape index (κ3) is 19.4. The van der Waals surface area contributed by atoms with E-state index in [2.05, 4.69) is 13.8 Å². The lowest BCUT2D eigenvalue weighted by molar-refractivity contribution is -0.0518. The van der Waals surface area contributed by atoms with Crippen LogP contribution in [0.15, 0.2) is 0 Å². The summed E-state index contributed by atoms with van der Waals surface area (Å²) in [5.74, 6) is 0. The van der Waals surface area contributed by atoms with Gasteiger partial charge in [0.05, 0.1) is 9.79 Å². The molecule has 0 aromatic rings. The van der Waals surface area contributed by atoms with Crippen LogP contribution in [0.4, 0.5) is 0 Å². The molecule has 0 bridgehead atoms. The molecule has 1 aliphatic rings. The Kier molecular flexibility index (Phi) is 22.1. The molecule has 2 radical (unpaired) electrons. The molecule has 0 aliphatic carbocycles. The van der Waals surface area contributed by atoms with E-state index in [4.69, 9.17) is 9.05 Å². The maximum absolute atomic E-state index is 11.7. The number of hydrogen-bond acceptors (Lipinski definition) is 2. The Bertz CT molecular complexity index is 431. The van der Waals surface area contributed by atoms with Crippen LogP contribution in [0.25, 0.3) is 0 Å². The van der Waals surface area contributed by atoms with E-state index in [0.29, 0.717) is 13.2 Å². The van der Waals surface area contributed by atoms with Crippen molar-refractivity contribution in [2.45, 2.75) is 181 Å². The Morgan fingerprint density at radius 1 is 0.444 bits per heavy atom. The molecule has 0 N–H and O–H groups in total. The summed E-state index contributed by atoms with van der Waals surface area (Å²) in [6, 6.07) is 0. The van der Waals surface area contributed by atoms with Crippen molar-refractivity contribution in [2.24, 2.45) is 5.41 Å². The fourth-order valence-electron chi connectivity index (χ4n) is 5.61. The Hall–Kier alpha value is 0.270. The van der Waals surface area contributed by atoms with E-state index in [-0.39, 0.29) is 5.41 Å². The van der Waals surface area contributed by atoms with Gasteiger partial charge in [-0.25, -0.2) is 0 Å². The second-order valence-electron chi connectivity index (χ2n) is 11.8. The molecule has 0 aromatic heterocycles. The van der Waals surface area contributed by atoms with Gasteiger partial charge in [-0.3, -0.25) is 0 Å². The summed E-state index contributed by atoms with van der Waals surface area (Å²) in [5.41, 5.74) is -0.102. The van der Waals surface area contributed by atoms with Gasteiger partial charge in [0, 0.05) is 5.41 Å². The van der Waals surface area contributed by atoms with Gasteiger partial charge in [-0.1, -0.05) is 168 Å². The second-order valence-corrected chi connectivity index (χ2v) is 13.2. The van der Waals surface area contributed by atoms with Crippen molar-refractivity contribution in [3.05, 3.63) is 0 Å². The SMILES string of the molecule is CCCCCCCCCCCCCCC1(CCCCCCCCCCCCCC)CO[P+]([O])([O])OC1. The van der Waals surface area contributed by atoms with Crippen LogP contribution in [-0.4, -0.2) is 13.2 Å². The molecular weight excluding hydrogens is 467 g/mol. The van der Waals surface area contributed by atoms with Gasteiger partial charge in [0.15, 0.2) is 0 Å². The topological polar surface area (TPSA) is 58.3 Å². The van der Waals surface area contributed by atoms with Crippen molar-refractivity contribution in [3.8, 4) is 0 Å². The van der Waals surface area contributed by atoms with Gasteiger partial charge in [0.1, 0.15) is 13.2 Å². The maximum Gasteiger partial charge on any atom is 0.645 e. The first-order valence-electron chi connectivity index (χ1n) is 16.1. The van der Waals surface area contributed by atoms with Crippen molar-refractivity contribution >= 4 is 8.17 Å². The highest BCUT2D eigenvalue weighted by molar-refractivity contribution is 7.53. The molecule has 0 saturated carbocycles. The molecule has 1 fully saturated rings. The van der Waals surface area contributed by atoms with Gasteiger partial charge in [0.25, 0.3) is 0 Å². The molecule has 1 saturated heterocycles. The van der Waals surface area contributed by atoms with Crippen LogP contribution in [0.2, 0.25) is 0 Å². The smallest absolute Gasteiger partial charge is 0.149 e. The number of hydrogen-bond donors (Lipinski definition) is 0. The molecule has 1 heterocycles. The third-order valence-corrected chi connectivity index (χ3v) is 9.07. The average molecular weight is 530 g/mol. The van der Waals surface area contributed by atoms with E-state index in [1.54, 1.807) is 0 Å². The van der Waals surface area contributed by atoms with Crippen molar-refractivity contribution in [3.63, 3.8) is 0 Å². The second kappa shape index (κ2) is 23.2. The van der Waals surface area contributed by atoms with Crippen molar-refractivity contribution < 1.29 is 18.8 Å². The first-order chi connectivity index (χ1) is 17.5. The Morgan fingerprint density at radius 3 is 0.972 bits per heavy atom. The van der Waals surface area contributed by atoms with Crippen LogP contribution in [0.1, 0.15) is 181 Å². The van der Waals surface area contributed by atoms with Crippen LogP contribution < -0.4 is 0 Å². The van der Waals surface area contributed by atoms with E-state index < -0.39 is 8.17 Å². The van der Waals surface area contributed by atoms with Gasteiger partial charge >= 0.3 is 8.17 Å². The van der Waals surface area contributed by atoms with Crippen LogP contribution in [0, 0.1) is 5.41 Å². The van der Waals surface area contributed by atoms with E-state index in [9.17, 15) is 9.79 Å². The highest BCUT2D eigenvalue weighted by atomic mass is 31.2. The monoisotopic (exact) mass is 529 g/mol. The third-order valence-electron chi connectivity index (χ3n) is 8.18. The number of unbranched alkanes of at least 4 members (excludes halogenated alkanes) is 22. The molecule has 1 rings (SSSR count). The van der Waals surface area contributed by atoms with Crippen molar-refractivity contribution in [2.75, 3.05) is 13.2 Å². The molecule has 1 aliphatic heterocycles. The van der Waals surface area contributed by atoms with Crippen LogP contribution in [-0.2, 0) is 18.8 Å². The lowest BCUT2D eigenvalue weighted by Crippen LogP contribution is -2.36. The van der Waals surface area contributed by atoms with Crippen LogP contribution in [0.3, 0.4) is 0 Å². The largest absolute Gasteiger partial charge is 0.645 e.